The average Bonchev–Trinajstić information content (AvgIpc) is 2.31. The van der Waals surface area contributed by atoms with Gasteiger partial charge in [-0.2, -0.15) is 0 Å². The van der Waals surface area contributed by atoms with Crippen LogP contribution in [0.4, 0.5) is 0 Å². The molecule has 3 heteroatoms. The summed E-state index contributed by atoms with van der Waals surface area (Å²) in [6, 6.07) is 9.97. The topological polar surface area (TPSA) is 21.6 Å². The Bertz CT molecular complexity index is 256. The highest BCUT2D eigenvalue weighted by Crippen LogP contribution is 2.05. The van der Waals surface area contributed by atoms with Crippen molar-refractivity contribution in [3.63, 3.8) is 0 Å². The fraction of sp³-hybridized carbons (Fsp3) is 0.462. The Kier molecular flexibility index (Phi) is 15.6. The predicted octanol–water partition coefficient (Wildman–Crippen LogP) is 4.89. The molecule has 0 saturated heterocycles. The number of benzene rings is 1. The van der Waals surface area contributed by atoms with Crippen molar-refractivity contribution >= 4 is 21.6 Å². The molecule has 92 valence electrons. The van der Waals surface area contributed by atoms with Crippen LogP contribution in [-0.4, -0.2) is 12.3 Å². The highest BCUT2D eigenvalue weighted by molar-refractivity contribution is 9.10. The Morgan fingerprint density at radius 1 is 1.19 bits per heavy atom. The third-order valence-corrected chi connectivity index (χ3v) is 1.64. The molecule has 1 rings (SSSR count). The van der Waals surface area contributed by atoms with Gasteiger partial charge in [0.25, 0.3) is 0 Å². The van der Waals surface area contributed by atoms with Gasteiger partial charge in [0, 0.05) is 4.47 Å². The molecule has 0 heterocycles. The lowest BCUT2D eigenvalue weighted by Crippen LogP contribution is -1.84. The Balaban J connectivity index is 0. The van der Waals surface area contributed by atoms with E-state index >= 15 is 0 Å². The van der Waals surface area contributed by atoms with E-state index in [2.05, 4.69) is 25.9 Å². The summed E-state index contributed by atoms with van der Waals surface area (Å²) in [4.78, 5) is 4.68. The molecule has 0 amide bonds. The number of hydrogen-bond donors (Lipinski definition) is 0. The minimum Gasteiger partial charge on any atom is -0.396 e. The van der Waals surface area contributed by atoms with Crippen molar-refractivity contribution in [1.29, 1.82) is 0 Å². The van der Waals surface area contributed by atoms with E-state index < -0.39 is 0 Å². The summed E-state index contributed by atoms with van der Waals surface area (Å²) in [6.45, 7) is 10.4. The van der Waals surface area contributed by atoms with Gasteiger partial charge in [-0.3, -0.25) is 0 Å². The molecular weight excluding hydrogens is 266 g/mol. The zero-order valence-corrected chi connectivity index (χ0v) is 12.4. The number of oxime groups is 1. The minimum atomic E-state index is 0.658. The van der Waals surface area contributed by atoms with E-state index in [0.29, 0.717) is 6.61 Å². The van der Waals surface area contributed by atoms with Crippen LogP contribution in [0.5, 0.6) is 0 Å². The van der Waals surface area contributed by atoms with Crippen molar-refractivity contribution in [3.05, 3.63) is 34.8 Å². The van der Waals surface area contributed by atoms with E-state index in [9.17, 15) is 0 Å². The van der Waals surface area contributed by atoms with E-state index in [1.807, 2.05) is 65.0 Å². The molecule has 1 aromatic carbocycles. The average molecular weight is 288 g/mol. The lowest BCUT2D eigenvalue weighted by Gasteiger charge is -1.89. The molecule has 0 fully saturated rings. The van der Waals surface area contributed by atoms with Crippen molar-refractivity contribution in [2.24, 2.45) is 5.16 Å². The molecule has 0 spiro atoms. The van der Waals surface area contributed by atoms with Gasteiger partial charge in [-0.25, -0.2) is 0 Å². The second-order valence-electron chi connectivity index (χ2n) is 2.75. The number of hydrogen-bond acceptors (Lipinski definition) is 2. The zero-order valence-electron chi connectivity index (χ0n) is 10.8. The van der Waals surface area contributed by atoms with Gasteiger partial charge in [0.15, 0.2) is 0 Å². The third-order valence-electron chi connectivity index (χ3n) is 1.11. The highest BCUT2D eigenvalue weighted by Gasteiger charge is 1.74. The third kappa shape index (κ3) is 15.6. The van der Waals surface area contributed by atoms with Crippen LogP contribution in [0.25, 0.3) is 0 Å². The zero-order chi connectivity index (χ0) is 12.8. The maximum Gasteiger partial charge on any atom is 0.114 e. The molecule has 0 radical (unpaired) electrons. The van der Waals surface area contributed by atoms with Gasteiger partial charge in [0.05, 0.1) is 5.71 Å². The largest absolute Gasteiger partial charge is 0.396 e. The molecule has 0 N–H and O–H groups in total. The van der Waals surface area contributed by atoms with Crippen LogP contribution >= 0.6 is 15.9 Å². The number of rotatable bonds is 2. The van der Waals surface area contributed by atoms with Crippen molar-refractivity contribution in [1.82, 2.24) is 0 Å². The Morgan fingerprint density at radius 2 is 1.69 bits per heavy atom. The second kappa shape index (κ2) is 14.2. The Hall–Kier alpha value is -0.830. The number of halogens is 1. The summed E-state index contributed by atoms with van der Waals surface area (Å²) in [7, 11) is 0. The first-order chi connectivity index (χ1) is 7.66. The molecule has 0 aromatic heterocycles. The van der Waals surface area contributed by atoms with Gasteiger partial charge < -0.3 is 4.84 Å². The van der Waals surface area contributed by atoms with E-state index in [1.54, 1.807) is 0 Å². The fourth-order valence-electron chi connectivity index (χ4n) is 0.608. The molecule has 0 saturated carbocycles. The van der Waals surface area contributed by atoms with Crippen LogP contribution in [0.3, 0.4) is 0 Å². The monoisotopic (exact) mass is 287 g/mol. The summed E-state index contributed by atoms with van der Waals surface area (Å²) in [6.07, 6.45) is 0. The summed E-state index contributed by atoms with van der Waals surface area (Å²) < 4.78 is 1.13. The quantitative estimate of drug-likeness (QED) is 0.560. The van der Waals surface area contributed by atoms with E-state index in [1.165, 1.54) is 0 Å². The second-order valence-corrected chi connectivity index (χ2v) is 3.67. The van der Waals surface area contributed by atoms with Crippen molar-refractivity contribution in [3.8, 4) is 0 Å². The first-order valence-corrected chi connectivity index (χ1v) is 6.29. The molecule has 2 nitrogen and oxygen atoms in total. The fourth-order valence-corrected chi connectivity index (χ4v) is 0.914. The summed E-state index contributed by atoms with van der Waals surface area (Å²) in [5.41, 5.74) is 0.960. The molecule has 0 aliphatic rings. The standard InChI is InChI=1S/C6H5Br.C5H11NO.C2H6/c7-6-4-2-1-3-5-6;1-4-7-6-5(2)3;1-2/h1-5H;4H2,1-3H3;1-2H3. The molecule has 16 heavy (non-hydrogen) atoms. The van der Waals surface area contributed by atoms with Crippen molar-refractivity contribution < 1.29 is 4.84 Å². The molecule has 0 bridgehead atoms. The summed E-state index contributed by atoms with van der Waals surface area (Å²) >= 11 is 3.31. The minimum absolute atomic E-state index is 0.658. The molecule has 0 atom stereocenters. The van der Waals surface area contributed by atoms with Crippen LogP contribution in [0, 0.1) is 0 Å². The van der Waals surface area contributed by atoms with Crippen LogP contribution in [0.2, 0.25) is 0 Å². The molecule has 0 unspecified atom stereocenters. The predicted molar refractivity (Wildman–Crippen MR) is 75.9 cm³/mol. The highest BCUT2D eigenvalue weighted by atomic mass is 79.9. The normalized spacial score (nSPS) is 7.62. The molecular formula is C13H22BrNO. The van der Waals surface area contributed by atoms with Crippen LogP contribution < -0.4 is 0 Å². The van der Waals surface area contributed by atoms with Gasteiger partial charge in [-0.1, -0.05) is 53.1 Å². The van der Waals surface area contributed by atoms with E-state index in [-0.39, 0.29) is 0 Å². The lowest BCUT2D eigenvalue weighted by molar-refractivity contribution is 0.158. The van der Waals surface area contributed by atoms with Crippen LogP contribution in [-0.2, 0) is 4.84 Å². The number of nitrogens with zero attached hydrogens (tertiary/aromatic N) is 1. The van der Waals surface area contributed by atoms with Gasteiger partial charge in [0.2, 0.25) is 0 Å². The van der Waals surface area contributed by atoms with Crippen molar-refractivity contribution in [2.75, 3.05) is 6.61 Å². The maximum atomic E-state index is 4.68. The molecule has 1 aromatic rings. The van der Waals surface area contributed by atoms with E-state index in [0.717, 1.165) is 10.2 Å². The SMILES string of the molecule is Brc1ccccc1.CC.CCON=C(C)C. The smallest absolute Gasteiger partial charge is 0.114 e. The summed E-state index contributed by atoms with van der Waals surface area (Å²) in [5, 5.41) is 3.66. The molecule has 0 aliphatic carbocycles. The van der Waals surface area contributed by atoms with E-state index in [4.69, 9.17) is 0 Å². The first-order valence-electron chi connectivity index (χ1n) is 5.50. The first kappa shape index (κ1) is 17.6. The Labute approximate surface area is 108 Å². The van der Waals surface area contributed by atoms with Gasteiger partial charge >= 0.3 is 0 Å². The molecule has 0 aliphatic heterocycles. The van der Waals surface area contributed by atoms with Crippen LogP contribution in [0.15, 0.2) is 40.0 Å². The lowest BCUT2D eigenvalue weighted by atomic mass is 10.4. The summed E-state index contributed by atoms with van der Waals surface area (Å²) in [5.74, 6) is 0. The Morgan fingerprint density at radius 3 is 1.88 bits per heavy atom. The van der Waals surface area contributed by atoms with Gasteiger partial charge in [-0.05, 0) is 32.9 Å². The van der Waals surface area contributed by atoms with Crippen molar-refractivity contribution in [2.45, 2.75) is 34.6 Å². The van der Waals surface area contributed by atoms with Gasteiger partial charge in [-0.15, -0.1) is 0 Å². The maximum absolute atomic E-state index is 4.68. The van der Waals surface area contributed by atoms with Gasteiger partial charge in [0.1, 0.15) is 6.61 Å². The van der Waals surface area contributed by atoms with Crippen LogP contribution in [0.1, 0.15) is 34.6 Å².